The molecule has 0 aliphatic heterocycles. The maximum Gasteiger partial charge on any atom is 0.113 e. The minimum absolute atomic E-state index is 0.125. The molecule has 242 valence electrons. The number of hydrogen-bond donors (Lipinski definition) is 1. The van der Waals surface area contributed by atoms with Gasteiger partial charge in [-0.2, -0.15) is 0 Å². The Morgan fingerprint density at radius 3 is 2.28 bits per heavy atom. The highest BCUT2D eigenvalue weighted by Crippen LogP contribution is 2.26. The lowest BCUT2D eigenvalue weighted by molar-refractivity contribution is 0.114. The van der Waals surface area contributed by atoms with Crippen molar-refractivity contribution in [3.8, 4) is 0 Å². The molecule has 8 heteroatoms. The Kier molecular flexibility index (Phi) is 12.1. The standard InChI is InChI=1S/C38H46Cl2N6/c1-30-27-42-36(26-31-10-5-4-6-11-31)46(30)24-9-23-44(28-32-13-17-34(39)18-14-32)37(45-25-22-41-29-45)12-7-8-21-43-38(2,3)33-15-19-35(40)20-16-33/h4-6,10-11,13-20,22,25,27,29,37,43H,7-9,12,21,23-24,26,28H2,1-3H3. The third kappa shape index (κ3) is 9.55. The fourth-order valence-electron chi connectivity index (χ4n) is 6.11. The molecule has 1 atom stereocenters. The van der Waals surface area contributed by atoms with E-state index in [9.17, 15) is 0 Å². The van der Waals surface area contributed by atoms with Crippen molar-refractivity contribution >= 4 is 23.2 Å². The van der Waals surface area contributed by atoms with Crippen LogP contribution in [0.2, 0.25) is 10.0 Å². The SMILES string of the molecule is Cc1cnc(Cc2ccccc2)n1CCCN(Cc1ccc(Cl)cc1)C(CCCCNC(C)(C)c1ccc(Cl)cc1)n1ccnc1. The second kappa shape index (κ2) is 16.4. The summed E-state index contributed by atoms with van der Waals surface area (Å²) in [5.41, 5.74) is 4.85. The number of benzene rings is 3. The van der Waals surface area contributed by atoms with Crippen molar-refractivity contribution in [1.82, 2.24) is 29.3 Å². The monoisotopic (exact) mass is 656 g/mol. The number of unbranched alkanes of at least 4 members (excludes halogenated alkanes) is 1. The average molecular weight is 658 g/mol. The molecule has 0 bridgehead atoms. The van der Waals surface area contributed by atoms with Crippen LogP contribution in [0.3, 0.4) is 0 Å². The van der Waals surface area contributed by atoms with Gasteiger partial charge in [-0.3, -0.25) is 4.90 Å². The van der Waals surface area contributed by atoms with Crippen LogP contribution in [0, 0.1) is 6.92 Å². The van der Waals surface area contributed by atoms with Gasteiger partial charge in [0.2, 0.25) is 0 Å². The molecule has 1 unspecified atom stereocenters. The van der Waals surface area contributed by atoms with Gasteiger partial charge in [-0.05, 0) is 94.0 Å². The smallest absolute Gasteiger partial charge is 0.113 e. The van der Waals surface area contributed by atoms with Crippen LogP contribution in [-0.2, 0) is 25.0 Å². The van der Waals surface area contributed by atoms with Crippen molar-refractivity contribution in [3.63, 3.8) is 0 Å². The summed E-state index contributed by atoms with van der Waals surface area (Å²) in [4.78, 5) is 11.8. The fourth-order valence-corrected chi connectivity index (χ4v) is 6.36. The van der Waals surface area contributed by atoms with Crippen LogP contribution in [0.5, 0.6) is 0 Å². The lowest BCUT2D eigenvalue weighted by atomic mass is 9.94. The Labute approximate surface area is 284 Å². The van der Waals surface area contributed by atoms with Gasteiger partial charge < -0.3 is 14.5 Å². The van der Waals surface area contributed by atoms with Gasteiger partial charge in [0.1, 0.15) is 5.82 Å². The van der Waals surface area contributed by atoms with E-state index in [0.29, 0.717) is 0 Å². The zero-order valence-corrected chi connectivity index (χ0v) is 28.8. The largest absolute Gasteiger partial charge is 0.332 e. The van der Waals surface area contributed by atoms with Crippen molar-refractivity contribution in [1.29, 1.82) is 0 Å². The van der Waals surface area contributed by atoms with Gasteiger partial charge >= 0.3 is 0 Å². The van der Waals surface area contributed by atoms with Crippen LogP contribution in [0.15, 0.2) is 104 Å². The number of hydrogen-bond acceptors (Lipinski definition) is 4. The molecule has 2 heterocycles. The van der Waals surface area contributed by atoms with Gasteiger partial charge in [-0.15, -0.1) is 0 Å². The molecule has 0 aliphatic rings. The van der Waals surface area contributed by atoms with E-state index in [1.54, 1.807) is 0 Å². The molecule has 0 saturated heterocycles. The number of rotatable bonds is 17. The molecule has 1 N–H and O–H groups in total. The summed E-state index contributed by atoms with van der Waals surface area (Å²) in [6, 6.07) is 27.0. The van der Waals surface area contributed by atoms with Crippen molar-refractivity contribution in [2.75, 3.05) is 13.1 Å². The molecular weight excluding hydrogens is 611 g/mol. The first-order chi connectivity index (χ1) is 22.3. The molecule has 5 rings (SSSR count). The number of imidazole rings is 2. The van der Waals surface area contributed by atoms with Crippen molar-refractivity contribution in [2.45, 2.75) is 77.7 Å². The van der Waals surface area contributed by atoms with E-state index in [0.717, 1.165) is 74.2 Å². The van der Waals surface area contributed by atoms with Crippen molar-refractivity contribution in [3.05, 3.63) is 142 Å². The van der Waals surface area contributed by atoms with Crippen molar-refractivity contribution in [2.24, 2.45) is 0 Å². The molecule has 0 aliphatic carbocycles. The first-order valence-corrected chi connectivity index (χ1v) is 17.1. The molecule has 5 aromatic rings. The minimum atomic E-state index is -0.125. The van der Waals surface area contributed by atoms with E-state index in [1.807, 2.05) is 43.0 Å². The predicted octanol–water partition coefficient (Wildman–Crippen LogP) is 9.07. The first kappa shape index (κ1) is 33.9. The second-order valence-electron chi connectivity index (χ2n) is 12.6. The predicted molar refractivity (Wildman–Crippen MR) is 190 cm³/mol. The van der Waals surface area contributed by atoms with E-state index in [4.69, 9.17) is 28.2 Å². The summed E-state index contributed by atoms with van der Waals surface area (Å²) >= 11 is 12.4. The quantitative estimate of drug-likeness (QED) is 0.101. The Hall–Kier alpha value is -3.42. The lowest BCUT2D eigenvalue weighted by Crippen LogP contribution is -2.37. The summed E-state index contributed by atoms with van der Waals surface area (Å²) < 4.78 is 4.65. The summed E-state index contributed by atoms with van der Waals surface area (Å²) in [5, 5.41) is 5.28. The van der Waals surface area contributed by atoms with E-state index >= 15 is 0 Å². The van der Waals surface area contributed by atoms with Crippen LogP contribution in [0.25, 0.3) is 0 Å². The molecule has 0 amide bonds. The summed E-state index contributed by atoms with van der Waals surface area (Å²) in [7, 11) is 0. The number of aryl methyl sites for hydroxylation is 1. The highest BCUT2D eigenvalue weighted by atomic mass is 35.5. The molecule has 0 spiro atoms. The van der Waals surface area contributed by atoms with E-state index in [2.05, 4.69) is 106 Å². The van der Waals surface area contributed by atoms with Gasteiger partial charge in [-0.1, -0.05) is 77.8 Å². The Morgan fingerprint density at radius 2 is 1.59 bits per heavy atom. The molecule has 6 nitrogen and oxygen atoms in total. The molecule has 3 aromatic carbocycles. The molecule has 0 saturated carbocycles. The number of nitrogens with one attached hydrogen (secondary N) is 1. The van der Waals surface area contributed by atoms with E-state index < -0.39 is 0 Å². The van der Waals surface area contributed by atoms with Crippen LogP contribution in [0.4, 0.5) is 0 Å². The fraction of sp³-hybridized carbons (Fsp3) is 0.368. The number of nitrogens with zero attached hydrogens (tertiary/aromatic N) is 5. The van der Waals surface area contributed by atoms with Gasteiger partial charge in [-0.25, -0.2) is 9.97 Å². The van der Waals surface area contributed by atoms with E-state index in [-0.39, 0.29) is 11.7 Å². The lowest BCUT2D eigenvalue weighted by Gasteiger charge is -2.33. The third-order valence-corrected chi connectivity index (χ3v) is 9.29. The number of halogens is 2. The number of aromatic nitrogens is 4. The normalized spacial score (nSPS) is 12.6. The Morgan fingerprint density at radius 1 is 0.870 bits per heavy atom. The maximum atomic E-state index is 6.25. The van der Waals surface area contributed by atoms with Crippen molar-refractivity contribution < 1.29 is 0 Å². The molecular formula is C38H46Cl2N6. The van der Waals surface area contributed by atoms with Gasteiger partial charge in [0, 0.05) is 65.9 Å². The highest BCUT2D eigenvalue weighted by Gasteiger charge is 2.22. The summed E-state index contributed by atoms with van der Waals surface area (Å²) in [6.07, 6.45) is 13.2. The van der Waals surface area contributed by atoms with Crippen LogP contribution in [-0.4, -0.2) is 37.1 Å². The minimum Gasteiger partial charge on any atom is -0.332 e. The Balaban J connectivity index is 1.25. The zero-order valence-electron chi connectivity index (χ0n) is 27.2. The van der Waals surface area contributed by atoms with Crippen LogP contribution >= 0.6 is 23.2 Å². The van der Waals surface area contributed by atoms with E-state index in [1.165, 1.54) is 22.4 Å². The second-order valence-corrected chi connectivity index (χ2v) is 13.5. The van der Waals surface area contributed by atoms with Gasteiger partial charge in [0.15, 0.2) is 0 Å². The van der Waals surface area contributed by atoms with Crippen LogP contribution in [0.1, 0.15) is 73.9 Å². The highest BCUT2D eigenvalue weighted by molar-refractivity contribution is 6.30. The molecule has 46 heavy (non-hydrogen) atoms. The average Bonchev–Trinajstić information content (AvgIpc) is 3.71. The summed E-state index contributed by atoms with van der Waals surface area (Å²) in [6.45, 7) is 10.2. The molecule has 2 aromatic heterocycles. The molecule has 0 radical (unpaired) electrons. The zero-order chi connectivity index (χ0) is 32.4. The summed E-state index contributed by atoms with van der Waals surface area (Å²) in [5.74, 6) is 1.12. The van der Waals surface area contributed by atoms with Gasteiger partial charge in [0.05, 0.1) is 12.5 Å². The third-order valence-electron chi connectivity index (χ3n) is 8.78. The van der Waals surface area contributed by atoms with Crippen LogP contribution < -0.4 is 5.32 Å². The molecule has 0 fully saturated rings. The maximum absolute atomic E-state index is 6.25. The van der Waals surface area contributed by atoms with Gasteiger partial charge in [0.25, 0.3) is 0 Å². The first-order valence-electron chi connectivity index (χ1n) is 16.3. The Bertz CT molecular complexity index is 1600. The topological polar surface area (TPSA) is 50.9 Å².